The molecule has 2 aromatic heterocycles. The zero-order chi connectivity index (χ0) is 31.3. The molecule has 2 aliphatic rings. The van der Waals surface area contributed by atoms with Crippen LogP contribution < -0.4 is 16.0 Å². The lowest BCUT2D eigenvalue weighted by molar-refractivity contribution is -0.136. The molecule has 2 atom stereocenters. The molecule has 12 heteroatoms. The number of para-hydroxylation sites is 1. The van der Waals surface area contributed by atoms with Crippen molar-refractivity contribution in [1.29, 1.82) is 0 Å². The molecule has 2 unspecified atom stereocenters. The van der Waals surface area contributed by atoms with Crippen molar-refractivity contribution >= 4 is 46.2 Å². The largest absolute Gasteiger partial charge is 0.458 e. The summed E-state index contributed by atoms with van der Waals surface area (Å²) >= 11 is 0. The van der Waals surface area contributed by atoms with Crippen LogP contribution >= 0.6 is 0 Å². The maximum absolute atomic E-state index is 13.2. The fraction of sp³-hybridized carbons (Fsp3) is 0.303. The highest BCUT2D eigenvalue weighted by atomic mass is 16.3. The highest BCUT2D eigenvalue weighted by Crippen LogP contribution is 2.32. The fourth-order valence-corrected chi connectivity index (χ4v) is 5.79. The summed E-state index contributed by atoms with van der Waals surface area (Å²) in [5.74, 6) is -1.65. The van der Waals surface area contributed by atoms with E-state index in [1.54, 1.807) is 36.5 Å². The lowest BCUT2D eigenvalue weighted by atomic mass is 10.0. The third kappa shape index (κ3) is 6.30. The number of anilines is 1. The van der Waals surface area contributed by atoms with Gasteiger partial charge in [-0.15, -0.1) is 0 Å². The number of furan rings is 1. The topological polar surface area (TPSA) is 164 Å². The Morgan fingerprint density at radius 2 is 1.82 bits per heavy atom. The van der Waals surface area contributed by atoms with Crippen LogP contribution in [0.5, 0.6) is 0 Å². The van der Waals surface area contributed by atoms with E-state index in [-0.39, 0.29) is 29.9 Å². The molecule has 0 aliphatic carbocycles. The van der Waals surface area contributed by atoms with Crippen LogP contribution in [-0.2, 0) is 14.4 Å². The van der Waals surface area contributed by atoms with Crippen molar-refractivity contribution in [2.24, 2.45) is 0 Å². The number of carbonyl (C=O) groups excluding carboxylic acids is 5. The Morgan fingerprint density at radius 3 is 2.62 bits per heavy atom. The van der Waals surface area contributed by atoms with Crippen LogP contribution in [0, 0.1) is 0 Å². The smallest absolute Gasteiger partial charge is 0.264 e. The molecular formula is C33H32N6O6. The lowest BCUT2D eigenvalue weighted by Gasteiger charge is -2.27. The summed E-state index contributed by atoms with van der Waals surface area (Å²) in [6.07, 6.45) is 5.24. The van der Waals surface area contributed by atoms with Crippen LogP contribution in [0.3, 0.4) is 0 Å². The number of rotatable bonds is 12. The minimum absolute atomic E-state index is 0.0696. The first-order valence-electron chi connectivity index (χ1n) is 15.0. The van der Waals surface area contributed by atoms with Gasteiger partial charge in [-0.05, 0) is 55.7 Å². The highest BCUT2D eigenvalue weighted by molar-refractivity contribution is 6.25. The van der Waals surface area contributed by atoms with Crippen LogP contribution in [0.2, 0.25) is 0 Å². The van der Waals surface area contributed by atoms with Crippen molar-refractivity contribution in [2.45, 2.75) is 57.0 Å². The molecule has 0 bridgehead atoms. The standard InChI is InChI=1S/C33H32N6O6/c40-27(36-30(23-12-8-18-35-38-23)26-19-20-9-4-5-13-25(20)45-26)14-3-1-2-6-17-34-22-11-7-10-21-29(22)33(44)39(32(21)43)24-15-16-28(41)37-31(24)42/h4-5,7-13,18-19,24,30,34H,1-3,6,14-17H2,(H,36,40)(H,37,41,42). The number of amides is 5. The SMILES string of the molecule is O=C1CCC(N2C(=O)c3cccc(NCCCCCCC(=O)NC(c4cccnn4)c4cc5ccccc5o4)c3C2=O)C(=O)N1. The van der Waals surface area contributed by atoms with Gasteiger partial charge in [-0.2, -0.15) is 10.2 Å². The zero-order valence-electron chi connectivity index (χ0n) is 24.5. The Balaban J connectivity index is 0.978. The summed E-state index contributed by atoms with van der Waals surface area (Å²) in [5.41, 5.74) is 2.32. The van der Waals surface area contributed by atoms with Crippen LogP contribution in [0.25, 0.3) is 11.0 Å². The van der Waals surface area contributed by atoms with E-state index >= 15 is 0 Å². The van der Waals surface area contributed by atoms with E-state index in [1.807, 2.05) is 30.3 Å². The zero-order valence-corrected chi connectivity index (χ0v) is 24.5. The van der Waals surface area contributed by atoms with Crippen LogP contribution in [0.15, 0.2) is 71.3 Å². The first-order chi connectivity index (χ1) is 21.9. The summed E-state index contributed by atoms with van der Waals surface area (Å²) in [6.45, 7) is 0.559. The van der Waals surface area contributed by atoms with Gasteiger partial charge < -0.3 is 15.1 Å². The first-order valence-corrected chi connectivity index (χ1v) is 15.0. The second kappa shape index (κ2) is 13.1. The van der Waals surface area contributed by atoms with Gasteiger partial charge in [0, 0.05) is 36.7 Å². The number of nitrogens with zero attached hydrogens (tertiary/aromatic N) is 3. The molecule has 0 saturated carbocycles. The average Bonchev–Trinajstić information content (AvgIpc) is 3.58. The van der Waals surface area contributed by atoms with E-state index in [4.69, 9.17) is 4.42 Å². The van der Waals surface area contributed by atoms with E-state index < -0.39 is 35.7 Å². The monoisotopic (exact) mass is 608 g/mol. The molecule has 45 heavy (non-hydrogen) atoms. The van der Waals surface area contributed by atoms with E-state index in [0.29, 0.717) is 36.5 Å². The second-order valence-corrected chi connectivity index (χ2v) is 11.1. The second-order valence-electron chi connectivity index (χ2n) is 11.1. The third-order valence-corrected chi connectivity index (χ3v) is 8.04. The summed E-state index contributed by atoms with van der Waals surface area (Å²) in [4.78, 5) is 64.0. The molecule has 230 valence electrons. The van der Waals surface area contributed by atoms with Crippen molar-refractivity contribution in [3.8, 4) is 0 Å². The number of unbranched alkanes of at least 4 members (excludes halogenated alkanes) is 3. The van der Waals surface area contributed by atoms with Crippen molar-refractivity contribution in [2.75, 3.05) is 11.9 Å². The molecule has 2 aromatic carbocycles. The van der Waals surface area contributed by atoms with Gasteiger partial charge in [0.15, 0.2) is 0 Å². The molecule has 6 rings (SSSR count). The number of benzene rings is 2. The van der Waals surface area contributed by atoms with Crippen molar-refractivity contribution in [3.63, 3.8) is 0 Å². The average molecular weight is 609 g/mol. The molecule has 2 aliphatic heterocycles. The van der Waals surface area contributed by atoms with Gasteiger partial charge in [0.1, 0.15) is 23.4 Å². The minimum Gasteiger partial charge on any atom is -0.458 e. The fourth-order valence-electron chi connectivity index (χ4n) is 5.79. The molecule has 1 saturated heterocycles. The maximum atomic E-state index is 13.2. The van der Waals surface area contributed by atoms with Gasteiger partial charge in [-0.25, -0.2) is 0 Å². The number of fused-ring (bicyclic) bond motifs is 2. The predicted octanol–water partition coefficient (Wildman–Crippen LogP) is 3.89. The molecule has 0 radical (unpaired) electrons. The Labute approximate surface area is 258 Å². The molecule has 4 aromatic rings. The lowest BCUT2D eigenvalue weighted by Crippen LogP contribution is -2.54. The number of nitrogens with one attached hydrogen (secondary N) is 3. The normalized spacial score (nSPS) is 16.9. The summed E-state index contributed by atoms with van der Waals surface area (Å²) in [6, 6.07) is 16.6. The molecule has 12 nitrogen and oxygen atoms in total. The number of imide groups is 2. The van der Waals surface area contributed by atoms with Gasteiger partial charge in [0.25, 0.3) is 11.8 Å². The highest BCUT2D eigenvalue weighted by Gasteiger charge is 2.45. The van der Waals surface area contributed by atoms with Crippen LogP contribution in [0.4, 0.5) is 5.69 Å². The molecule has 5 amide bonds. The van der Waals surface area contributed by atoms with Gasteiger partial charge in [-0.3, -0.25) is 34.2 Å². The van der Waals surface area contributed by atoms with E-state index in [9.17, 15) is 24.0 Å². The summed E-state index contributed by atoms with van der Waals surface area (Å²) in [7, 11) is 0. The van der Waals surface area contributed by atoms with Gasteiger partial charge >= 0.3 is 0 Å². The van der Waals surface area contributed by atoms with E-state index in [2.05, 4.69) is 26.1 Å². The van der Waals surface area contributed by atoms with Gasteiger partial charge in [-0.1, -0.05) is 37.1 Å². The number of piperidine rings is 1. The Morgan fingerprint density at radius 1 is 0.978 bits per heavy atom. The Kier molecular flexibility index (Phi) is 8.63. The Hall–Kier alpha value is -5.39. The van der Waals surface area contributed by atoms with Crippen LogP contribution in [0.1, 0.15) is 83.2 Å². The van der Waals surface area contributed by atoms with Crippen molar-refractivity contribution < 1.29 is 28.4 Å². The number of hydrogen-bond acceptors (Lipinski definition) is 9. The molecule has 1 fully saturated rings. The summed E-state index contributed by atoms with van der Waals surface area (Å²) in [5, 5.41) is 17.6. The number of aromatic nitrogens is 2. The molecule has 0 spiro atoms. The molecule has 3 N–H and O–H groups in total. The number of hydrogen-bond donors (Lipinski definition) is 3. The first kappa shape index (κ1) is 29.7. The molecule has 4 heterocycles. The van der Waals surface area contributed by atoms with E-state index in [1.165, 1.54) is 0 Å². The molecular weight excluding hydrogens is 576 g/mol. The number of carbonyl (C=O) groups is 5. The Bertz CT molecular complexity index is 1740. The predicted molar refractivity (Wildman–Crippen MR) is 163 cm³/mol. The van der Waals surface area contributed by atoms with Gasteiger partial charge in [0.05, 0.1) is 16.8 Å². The quantitative estimate of drug-likeness (QED) is 0.160. The minimum atomic E-state index is -1.00. The van der Waals surface area contributed by atoms with Crippen molar-refractivity contribution in [1.82, 2.24) is 25.7 Å². The van der Waals surface area contributed by atoms with E-state index in [0.717, 1.165) is 35.1 Å². The van der Waals surface area contributed by atoms with Crippen molar-refractivity contribution in [3.05, 3.63) is 89.4 Å². The third-order valence-electron chi connectivity index (χ3n) is 8.04. The summed E-state index contributed by atoms with van der Waals surface area (Å²) < 4.78 is 6.02. The van der Waals surface area contributed by atoms with Gasteiger partial charge in [0.2, 0.25) is 17.7 Å². The maximum Gasteiger partial charge on any atom is 0.264 e. The van der Waals surface area contributed by atoms with Crippen LogP contribution in [-0.4, -0.2) is 57.2 Å².